The molecule has 2 atom stereocenters. The average Bonchev–Trinajstić information content (AvgIpc) is 2.35. The maximum atomic E-state index is 9.28. The lowest BCUT2D eigenvalue weighted by molar-refractivity contribution is 0.288. The Morgan fingerprint density at radius 2 is 2.22 bits per heavy atom. The maximum Gasteiger partial charge on any atom is 0.224 e. The van der Waals surface area contributed by atoms with Gasteiger partial charge in [0.2, 0.25) is 5.95 Å². The third kappa shape index (κ3) is 4.03. The molecule has 0 aliphatic heterocycles. The van der Waals surface area contributed by atoms with Crippen molar-refractivity contribution in [3.63, 3.8) is 0 Å². The lowest BCUT2D eigenvalue weighted by atomic mass is 10.2. The summed E-state index contributed by atoms with van der Waals surface area (Å²) in [6.07, 6.45) is 3.79. The first kappa shape index (κ1) is 15.0. The van der Waals surface area contributed by atoms with Crippen LogP contribution in [0, 0.1) is 6.92 Å². The van der Waals surface area contributed by atoms with E-state index in [9.17, 15) is 5.11 Å². The van der Waals surface area contributed by atoms with Crippen molar-refractivity contribution in [1.82, 2.24) is 9.97 Å². The van der Waals surface area contributed by atoms with Crippen LogP contribution in [0.15, 0.2) is 6.20 Å². The van der Waals surface area contributed by atoms with Crippen LogP contribution in [-0.2, 0) is 0 Å². The minimum absolute atomic E-state index is 0.146. The van der Waals surface area contributed by atoms with Crippen LogP contribution < -0.4 is 10.6 Å². The lowest BCUT2D eigenvalue weighted by Crippen LogP contribution is -2.31. The van der Waals surface area contributed by atoms with E-state index in [1.54, 1.807) is 18.0 Å². The monoisotopic (exact) mass is 270 g/mol. The van der Waals surface area contributed by atoms with E-state index in [0.717, 1.165) is 17.9 Å². The van der Waals surface area contributed by atoms with Crippen molar-refractivity contribution in [3.05, 3.63) is 11.8 Å². The Labute approximate surface area is 113 Å². The van der Waals surface area contributed by atoms with Gasteiger partial charge in [-0.3, -0.25) is 0 Å². The first-order chi connectivity index (χ1) is 8.62. The molecule has 0 radical (unpaired) electrons. The Morgan fingerprint density at radius 3 is 2.78 bits per heavy atom. The number of rotatable bonds is 7. The normalized spacial score (nSPS) is 14.1. The molecule has 0 aliphatic rings. The molecule has 102 valence electrons. The minimum Gasteiger partial charge on any atom is -0.395 e. The van der Waals surface area contributed by atoms with Gasteiger partial charge in [0.05, 0.1) is 6.61 Å². The molecule has 0 bridgehead atoms. The van der Waals surface area contributed by atoms with E-state index in [-0.39, 0.29) is 17.9 Å². The number of hydrogen-bond donors (Lipinski definition) is 3. The molecule has 0 fully saturated rings. The summed E-state index contributed by atoms with van der Waals surface area (Å²) in [4.78, 5) is 8.63. The van der Waals surface area contributed by atoms with Crippen LogP contribution >= 0.6 is 11.8 Å². The zero-order chi connectivity index (χ0) is 13.5. The molecule has 2 unspecified atom stereocenters. The number of hydrogen-bond acceptors (Lipinski definition) is 6. The van der Waals surface area contributed by atoms with Gasteiger partial charge in [0.15, 0.2) is 0 Å². The molecule has 18 heavy (non-hydrogen) atoms. The van der Waals surface area contributed by atoms with Crippen molar-refractivity contribution in [2.24, 2.45) is 0 Å². The lowest BCUT2D eigenvalue weighted by Gasteiger charge is -2.22. The van der Waals surface area contributed by atoms with E-state index < -0.39 is 0 Å². The number of aliphatic hydroxyl groups is 1. The van der Waals surface area contributed by atoms with E-state index in [1.807, 2.05) is 27.0 Å². The average molecular weight is 270 g/mol. The van der Waals surface area contributed by atoms with E-state index in [1.165, 1.54) is 0 Å². The smallest absolute Gasteiger partial charge is 0.224 e. The number of aryl methyl sites for hydroxylation is 1. The van der Waals surface area contributed by atoms with Gasteiger partial charge in [-0.15, -0.1) is 0 Å². The minimum atomic E-state index is 0.146. The van der Waals surface area contributed by atoms with E-state index in [2.05, 4.69) is 20.6 Å². The molecule has 0 aromatic carbocycles. The molecule has 0 aliphatic carbocycles. The zero-order valence-electron chi connectivity index (χ0n) is 11.4. The maximum absolute atomic E-state index is 9.28. The molecule has 1 aromatic rings. The number of nitrogens with one attached hydrogen (secondary N) is 2. The predicted octanol–water partition coefficient (Wildman–Crippen LogP) is 1.74. The van der Waals surface area contributed by atoms with Gasteiger partial charge in [0.1, 0.15) is 5.82 Å². The number of thioether (sulfide) groups is 1. The Balaban J connectivity index is 2.79. The fourth-order valence-electron chi connectivity index (χ4n) is 1.58. The molecule has 0 saturated carbocycles. The summed E-state index contributed by atoms with van der Waals surface area (Å²) >= 11 is 1.65. The highest BCUT2D eigenvalue weighted by atomic mass is 32.2. The van der Waals surface area contributed by atoms with Gasteiger partial charge in [-0.25, -0.2) is 4.98 Å². The first-order valence-corrected chi connectivity index (χ1v) is 7.38. The molecule has 5 nitrogen and oxygen atoms in total. The van der Waals surface area contributed by atoms with Gasteiger partial charge in [0, 0.05) is 29.6 Å². The van der Waals surface area contributed by atoms with Gasteiger partial charge >= 0.3 is 0 Å². The van der Waals surface area contributed by atoms with Crippen molar-refractivity contribution in [1.29, 1.82) is 0 Å². The molecule has 3 N–H and O–H groups in total. The first-order valence-electron chi connectivity index (χ1n) is 6.10. The predicted molar refractivity (Wildman–Crippen MR) is 78.4 cm³/mol. The summed E-state index contributed by atoms with van der Waals surface area (Å²) in [7, 11) is 0. The third-order valence-corrected chi connectivity index (χ3v) is 3.87. The van der Waals surface area contributed by atoms with E-state index in [4.69, 9.17) is 0 Å². The second-order valence-corrected chi connectivity index (χ2v) is 5.22. The van der Waals surface area contributed by atoms with Crippen molar-refractivity contribution in [2.75, 3.05) is 30.0 Å². The number of anilines is 2. The Bertz CT molecular complexity index is 371. The molecule has 0 amide bonds. The summed E-state index contributed by atoms with van der Waals surface area (Å²) in [5, 5.41) is 15.9. The van der Waals surface area contributed by atoms with Crippen molar-refractivity contribution >= 4 is 23.5 Å². The number of nitrogens with zero attached hydrogens (tertiary/aromatic N) is 2. The van der Waals surface area contributed by atoms with Gasteiger partial charge in [-0.1, -0.05) is 0 Å². The Kier molecular flexibility index (Phi) is 6.21. The zero-order valence-corrected chi connectivity index (χ0v) is 12.2. The van der Waals surface area contributed by atoms with Crippen molar-refractivity contribution in [2.45, 2.75) is 32.1 Å². The second kappa shape index (κ2) is 7.43. The number of aromatic nitrogens is 2. The third-order valence-electron chi connectivity index (χ3n) is 2.71. The molecule has 0 saturated heterocycles. The summed E-state index contributed by atoms with van der Waals surface area (Å²) in [5.74, 6) is 1.45. The molecule has 1 rings (SSSR count). The molecule has 1 aromatic heterocycles. The van der Waals surface area contributed by atoms with Gasteiger partial charge in [-0.2, -0.15) is 16.7 Å². The topological polar surface area (TPSA) is 70.1 Å². The van der Waals surface area contributed by atoms with Crippen LogP contribution in [0.25, 0.3) is 0 Å². The van der Waals surface area contributed by atoms with E-state index in [0.29, 0.717) is 5.95 Å². The summed E-state index contributed by atoms with van der Waals surface area (Å²) in [6.45, 7) is 6.97. The number of aliphatic hydroxyl groups excluding tert-OH is 1. The fourth-order valence-corrected chi connectivity index (χ4v) is 2.20. The van der Waals surface area contributed by atoms with Crippen LogP contribution in [0.4, 0.5) is 11.8 Å². The highest BCUT2D eigenvalue weighted by Crippen LogP contribution is 2.18. The second-order valence-electron chi connectivity index (χ2n) is 4.15. The molecular formula is C12H22N4OS. The molecule has 1 heterocycles. The van der Waals surface area contributed by atoms with E-state index >= 15 is 0 Å². The van der Waals surface area contributed by atoms with Crippen molar-refractivity contribution < 1.29 is 5.11 Å². The standard InChI is InChI=1S/C12H22N4OS/c1-5-13-12-14-6-8(2)11(16-12)15-9(3)10(7-17)18-4/h6,9-10,17H,5,7H2,1-4H3,(H2,13,14,15,16). The van der Waals surface area contributed by atoms with Gasteiger partial charge in [-0.05, 0) is 27.0 Å². The molecular weight excluding hydrogens is 248 g/mol. The van der Waals surface area contributed by atoms with Crippen LogP contribution in [0.2, 0.25) is 0 Å². The largest absolute Gasteiger partial charge is 0.395 e. The molecule has 6 heteroatoms. The fraction of sp³-hybridized carbons (Fsp3) is 0.667. The van der Waals surface area contributed by atoms with Crippen LogP contribution in [0.5, 0.6) is 0 Å². The quantitative estimate of drug-likeness (QED) is 0.701. The van der Waals surface area contributed by atoms with Crippen LogP contribution in [0.3, 0.4) is 0 Å². The highest BCUT2D eigenvalue weighted by molar-refractivity contribution is 7.99. The van der Waals surface area contributed by atoms with Crippen LogP contribution in [-0.4, -0.2) is 45.8 Å². The highest BCUT2D eigenvalue weighted by Gasteiger charge is 2.16. The van der Waals surface area contributed by atoms with Gasteiger partial charge in [0.25, 0.3) is 0 Å². The van der Waals surface area contributed by atoms with Crippen LogP contribution in [0.1, 0.15) is 19.4 Å². The summed E-state index contributed by atoms with van der Waals surface area (Å²) < 4.78 is 0. The molecule has 0 spiro atoms. The van der Waals surface area contributed by atoms with Gasteiger partial charge < -0.3 is 15.7 Å². The Morgan fingerprint density at radius 1 is 1.50 bits per heavy atom. The van der Waals surface area contributed by atoms with Crippen molar-refractivity contribution in [3.8, 4) is 0 Å². The SMILES string of the molecule is CCNc1ncc(C)c(NC(C)C(CO)SC)n1. The summed E-state index contributed by atoms with van der Waals surface area (Å²) in [6, 6.07) is 0.146. The summed E-state index contributed by atoms with van der Waals surface area (Å²) in [5.41, 5.74) is 1.00. The Hall–Kier alpha value is -1.01.